The van der Waals surface area contributed by atoms with E-state index in [1.54, 1.807) is 0 Å². The Kier molecular flexibility index (Phi) is 3.97. The van der Waals surface area contributed by atoms with Crippen molar-refractivity contribution in [2.75, 3.05) is 6.54 Å². The van der Waals surface area contributed by atoms with Crippen molar-refractivity contribution >= 4 is 21.6 Å². The monoisotopic (exact) mass is 313 g/mol. The number of nitrogens with zero attached hydrogens (tertiary/aromatic N) is 1. The standard InChI is InChI=1S/C12H15N3O5S/c1-7-2-9(7)6-14-12(16)8-3-10(15(17)18)5-11(4-8)21(13,19)20/h3-5,7,9H,2,6H2,1H3,(H,14,16)(H2,13,19,20). The first kappa shape index (κ1) is 15.4. The molecule has 0 heterocycles. The topological polar surface area (TPSA) is 132 Å². The quantitative estimate of drug-likeness (QED) is 0.607. The molecule has 0 bridgehead atoms. The number of carbonyl (C=O) groups is 1. The minimum Gasteiger partial charge on any atom is -0.352 e. The second-order valence-corrected chi connectivity index (χ2v) is 6.76. The predicted octanol–water partition coefficient (Wildman–Crippen LogP) is 0.628. The van der Waals surface area contributed by atoms with E-state index in [1.807, 2.05) is 0 Å². The first-order valence-corrected chi connectivity index (χ1v) is 7.83. The molecule has 1 aromatic rings. The molecule has 0 aromatic heterocycles. The number of non-ortho nitro benzene ring substituents is 1. The zero-order valence-corrected chi connectivity index (χ0v) is 12.1. The Morgan fingerprint density at radius 3 is 2.57 bits per heavy atom. The van der Waals surface area contributed by atoms with Gasteiger partial charge in [-0.3, -0.25) is 14.9 Å². The van der Waals surface area contributed by atoms with Gasteiger partial charge in [-0.25, -0.2) is 13.6 Å². The summed E-state index contributed by atoms with van der Waals surface area (Å²) in [4.78, 5) is 21.6. The second kappa shape index (κ2) is 5.41. The number of sulfonamides is 1. The van der Waals surface area contributed by atoms with E-state index in [1.165, 1.54) is 0 Å². The lowest BCUT2D eigenvalue weighted by Gasteiger charge is -2.06. The summed E-state index contributed by atoms with van der Waals surface area (Å²) in [5.74, 6) is 0.406. The zero-order chi connectivity index (χ0) is 15.8. The smallest absolute Gasteiger partial charge is 0.271 e. The van der Waals surface area contributed by atoms with Crippen LogP contribution in [0.15, 0.2) is 23.1 Å². The summed E-state index contributed by atoms with van der Waals surface area (Å²) >= 11 is 0. The van der Waals surface area contributed by atoms with Crippen molar-refractivity contribution in [1.29, 1.82) is 0 Å². The number of nitrogens with two attached hydrogens (primary N) is 1. The third-order valence-corrected chi connectivity index (χ3v) is 4.39. The number of carbonyl (C=O) groups excluding carboxylic acids is 1. The summed E-state index contributed by atoms with van der Waals surface area (Å²) in [7, 11) is -4.13. The molecule has 21 heavy (non-hydrogen) atoms. The van der Waals surface area contributed by atoms with Gasteiger partial charge in [-0.2, -0.15) is 0 Å². The first-order chi connectivity index (χ1) is 9.68. The normalized spacial score (nSPS) is 20.9. The maximum atomic E-state index is 12.0. The fourth-order valence-electron chi connectivity index (χ4n) is 1.99. The number of nitro groups is 1. The Balaban J connectivity index is 2.26. The number of benzene rings is 1. The van der Waals surface area contributed by atoms with Crippen molar-refractivity contribution in [3.05, 3.63) is 33.9 Å². The van der Waals surface area contributed by atoms with E-state index in [-0.39, 0.29) is 5.56 Å². The molecule has 1 fully saturated rings. The predicted molar refractivity (Wildman–Crippen MR) is 74.1 cm³/mol. The number of primary sulfonamides is 1. The van der Waals surface area contributed by atoms with Gasteiger partial charge in [-0.05, 0) is 24.3 Å². The molecule has 0 radical (unpaired) electrons. The number of hydrogen-bond acceptors (Lipinski definition) is 5. The molecule has 0 saturated heterocycles. The van der Waals surface area contributed by atoms with Gasteiger partial charge in [0.15, 0.2) is 0 Å². The first-order valence-electron chi connectivity index (χ1n) is 6.29. The average molecular weight is 313 g/mol. The van der Waals surface area contributed by atoms with Crippen LogP contribution in [0, 0.1) is 22.0 Å². The molecular formula is C12H15N3O5S. The van der Waals surface area contributed by atoms with Crippen LogP contribution in [0.25, 0.3) is 0 Å². The van der Waals surface area contributed by atoms with Gasteiger partial charge in [0.25, 0.3) is 11.6 Å². The number of nitrogens with one attached hydrogen (secondary N) is 1. The molecule has 1 aromatic carbocycles. The van der Waals surface area contributed by atoms with Crippen molar-refractivity contribution in [3.8, 4) is 0 Å². The SMILES string of the molecule is CC1CC1CNC(=O)c1cc([N+](=O)[O-])cc(S(N)(=O)=O)c1. The molecule has 0 aliphatic heterocycles. The maximum absolute atomic E-state index is 12.0. The summed E-state index contributed by atoms with van der Waals surface area (Å²) in [6.07, 6.45) is 1.03. The lowest BCUT2D eigenvalue weighted by Crippen LogP contribution is -2.26. The average Bonchev–Trinajstić information content (AvgIpc) is 3.10. The molecule has 0 spiro atoms. The molecule has 9 heteroatoms. The molecule has 2 atom stereocenters. The highest BCUT2D eigenvalue weighted by atomic mass is 32.2. The highest BCUT2D eigenvalue weighted by Gasteiger charge is 2.32. The fraction of sp³-hybridized carbons (Fsp3) is 0.417. The van der Waals surface area contributed by atoms with Crippen LogP contribution in [-0.4, -0.2) is 25.8 Å². The lowest BCUT2D eigenvalue weighted by molar-refractivity contribution is -0.385. The second-order valence-electron chi connectivity index (χ2n) is 5.20. The van der Waals surface area contributed by atoms with Crippen molar-refractivity contribution in [2.45, 2.75) is 18.2 Å². The van der Waals surface area contributed by atoms with Gasteiger partial charge < -0.3 is 5.32 Å². The van der Waals surface area contributed by atoms with Crippen molar-refractivity contribution in [2.24, 2.45) is 17.0 Å². The molecule has 1 aliphatic rings. The largest absolute Gasteiger partial charge is 0.352 e. The third kappa shape index (κ3) is 3.76. The molecule has 1 amide bonds. The van der Waals surface area contributed by atoms with Crippen molar-refractivity contribution < 1.29 is 18.1 Å². The number of nitro benzene ring substituents is 1. The minimum absolute atomic E-state index is 0.0958. The van der Waals surface area contributed by atoms with Gasteiger partial charge in [0.2, 0.25) is 10.0 Å². The van der Waals surface area contributed by atoms with Gasteiger partial charge in [0.05, 0.1) is 9.82 Å². The molecule has 114 valence electrons. The van der Waals surface area contributed by atoms with E-state index in [4.69, 9.17) is 5.14 Å². The van der Waals surface area contributed by atoms with Crippen LogP contribution >= 0.6 is 0 Å². The molecular weight excluding hydrogens is 298 g/mol. The maximum Gasteiger partial charge on any atom is 0.271 e. The van der Waals surface area contributed by atoms with E-state index in [9.17, 15) is 23.3 Å². The Labute approximate surface area is 121 Å². The van der Waals surface area contributed by atoms with Crippen LogP contribution in [0.3, 0.4) is 0 Å². The van der Waals surface area contributed by atoms with E-state index < -0.39 is 31.4 Å². The van der Waals surface area contributed by atoms with Crippen LogP contribution < -0.4 is 10.5 Å². The zero-order valence-electron chi connectivity index (χ0n) is 11.3. The number of amides is 1. The summed E-state index contributed by atoms with van der Waals surface area (Å²) in [6, 6.07) is 2.89. The Morgan fingerprint density at radius 2 is 2.10 bits per heavy atom. The van der Waals surface area contributed by atoms with Gasteiger partial charge in [0, 0.05) is 24.2 Å². The molecule has 3 N–H and O–H groups in total. The highest BCUT2D eigenvalue weighted by Crippen LogP contribution is 2.36. The van der Waals surface area contributed by atoms with Crippen LogP contribution in [0.1, 0.15) is 23.7 Å². The van der Waals surface area contributed by atoms with Crippen LogP contribution in [0.2, 0.25) is 0 Å². The van der Waals surface area contributed by atoms with Gasteiger partial charge in [-0.1, -0.05) is 6.92 Å². The lowest BCUT2D eigenvalue weighted by atomic mass is 10.2. The Bertz CT molecular complexity index is 701. The molecule has 1 aliphatic carbocycles. The number of rotatable bonds is 5. The van der Waals surface area contributed by atoms with Crippen molar-refractivity contribution in [3.63, 3.8) is 0 Å². The summed E-state index contributed by atoms with van der Waals surface area (Å²) in [5.41, 5.74) is -0.590. The molecule has 8 nitrogen and oxygen atoms in total. The van der Waals surface area contributed by atoms with E-state index in [0.717, 1.165) is 24.6 Å². The van der Waals surface area contributed by atoms with Crippen LogP contribution in [0.5, 0.6) is 0 Å². The Hall–Kier alpha value is -2.00. The fourth-order valence-corrected chi connectivity index (χ4v) is 2.57. The minimum atomic E-state index is -4.13. The molecule has 1 saturated carbocycles. The van der Waals surface area contributed by atoms with Gasteiger partial charge in [-0.15, -0.1) is 0 Å². The summed E-state index contributed by atoms with van der Waals surface area (Å²) in [5, 5.41) is 18.4. The summed E-state index contributed by atoms with van der Waals surface area (Å²) < 4.78 is 22.7. The highest BCUT2D eigenvalue weighted by molar-refractivity contribution is 7.89. The van der Waals surface area contributed by atoms with E-state index in [0.29, 0.717) is 18.4 Å². The van der Waals surface area contributed by atoms with Crippen molar-refractivity contribution in [1.82, 2.24) is 5.32 Å². The van der Waals surface area contributed by atoms with Crippen LogP contribution in [-0.2, 0) is 10.0 Å². The third-order valence-electron chi connectivity index (χ3n) is 3.49. The molecule has 2 rings (SSSR count). The van der Waals surface area contributed by atoms with Gasteiger partial charge >= 0.3 is 0 Å². The Morgan fingerprint density at radius 1 is 1.48 bits per heavy atom. The molecule has 2 unspecified atom stereocenters. The van der Waals surface area contributed by atoms with E-state index >= 15 is 0 Å². The number of hydrogen-bond donors (Lipinski definition) is 2. The van der Waals surface area contributed by atoms with Gasteiger partial charge in [0.1, 0.15) is 0 Å². The van der Waals surface area contributed by atoms with E-state index in [2.05, 4.69) is 12.2 Å². The summed E-state index contributed by atoms with van der Waals surface area (Å²) in [6.45, 7) is 2.52. The van der Waals surface area contributed by atoms with Crippen LogP contribution in [0.4, 0.5) is 5.69 Å².